The number of hydrogen-bond donors (Lipinski definition) is 2. The van der Waals surface area contributed by atoms with Crippen LogP contribution < -0.4 is 11.1 Å². The fourth-order valence-electron chi connectivity index (χ4n) is 2.51. The van der Waals surface area contributed by atoms with Crippen molar-refractivity contribution in [2.24, 2.45) is 5.73 Å². The molecule has 1 aliphatic heterocycles. The molecule has 0 spiro atoms. The molecule has 2 amide bonds. The Labute approximate surface area is 147 Å². The van der Waals surface area contributed by atoms with E-state index in [9.17, 15) is 9.59 Å². The molecule has 0 saturated carbocycles. The number of nitrogens with two attached hydrogens (primary N) is 1. The monoisotopic (exact) mass is 351 g/mol. The van der Waals surface area contributed by atoms with Crippen molar-refractivity contribution < 1.29 is 14.3 Å². The van der Waals surface area contributed by atoms with E-state index >= 15 is 0 Å². The molecule has 3 N–H and O–H groups in total. The Morgan fingerprint density at radius 1 is 1.33 bits per heavy atom. The van der Waals surface area contributed by atoms with Gasteiger partial charge in [0.1, 0.15) is 0 Å². The second-order valence-electron chi connectivity index (χ2n) is 5.79. The number of primary amides is 1. The first kappa shape index (κ1) is 18.8. The Morgan fingerprint density at radius 2 is 2.12 bits per heavy atom. The third-order valence-corrected chi connectivity index (χ3v) is 4.68. The van der Waals surface area contributed by atoms with E-state index < -0.39 is 0 Å². The Balaban J connectivity index is 1.63. The largest absolute Gasteiger partial charge is 0.374 e. The van der Waals surface area contributed by atoms with Gasteiger partial charge < -0.3 is 15.8 Å². The Kier molecular flexibility index (Phi) is 8.07. The maximum Gasteiger partial charge on any atom is 0.230 e. The number of hydrogen-bond acceptors (Lipinski definition) is 5. The predicted octanol–water partition coefficient (Wildman–Crippen LogP) is 0.612. The van der Waals surface area contributed by atoms with E-state index in [0.717, 1.165) is 19.6 Å². The minimum Gasteiger partial charge on any atom is -0.374 e. The van der Waals surface area contributed by atoms with Gasteiger partial charge in [-0.3, -0.25) is 14.5 Å². The molecule has 7 heteroatoms. The number of carbonyl (C=O) groups is 2. The number of nitrogens with one attached hydrogen (secondary N) is 1. The summed E-state index contributed by atoms with van der Waals surface area (Å²) in [6.45, 7) is 3.81. The number of carbonyl (C=O) groups excluding carboxylic acids is 2. The van der Waals surface area contributed by atoms with Crippen LogP contribution in [0.15, 0.2) is 30.3 Å². The van der Waals surface area contributed by atoms with Gasteiger partial charge in [0, 0.05) is 38.4 Å². The molecule has 1 fully saturated rings. The van der Waals surface area contributed by atoms with Crippen LogP contribution >= 0.6 is 11.8 Å². The molecule has 1 unspecified atom stereocenters. The molecule has 0 radical (unpaired) electrons. The van der Waals surface area contributed by atoms with E-state index in [-0.39, 0.29) is 17.9 Å². The lowest BCUT2D eigenvalue weighted by atomic mass is 10.2. The van der Waals surface area contributed by atoms with Gasteiger partial charge in [-0.2, -0.15) is 11.8 Å². The average Bonchev–Trinajstić information content (AvgIpc) is 2.58. The first-order valence-electron chi connectivity index (χ1n) is 8.14. The Hall–Kier alpha value is -1.57. The zero-order chi connectivity index (χ0) is 17.2. The van der Waals surface area contributed by atoms with Gasteiger partial charge in [0.05, 0.1) is 18.5 Å². The number of thioether (sulfide) groups is 1. The van der Waals surface area contributed by atoms with Crippen molar-refractivity contribution in [3.63, 3.8) is 0 Å². The van der Waals surface area contributed by atoms with Crippen molar-refractivity contribution in [1.82, 2.24) is 10.2 Å². The fraction of sp³-hybridized carbons (Fsp3) is 0.529. The number of benzene rings is 1. The highest BCUT2D eigenvalue weighted by atomic mass is 32.2. The van der Waals surface area contributed by atoms with Crippen LogP contribution in [-0.4, -0.2) is 60.6 Å². The van der Waals surface area contributed by atoms with Crippen molar-refractivity contribution in [2.75, 3.05) is 37.7 Å². The molecule has 2 rings (SSSR count). The summed E-state index contributed by atoms with van der Waals surface area (Å²) in [4.78, 5) is 24.8. The highest BCUT2D eigenvalue weighted by Gasteiger charge is 2.20. The van der Waals surface area contributed by atoms with Gasteiger partial charge >= 0.3 is 0 Å². The summed E-state index contributed by atoms with van der Waals surface area (Å²) < 4.78 is 5.73. The van der Waals surface area contributed by atoms with Gasteiger partial charge in [-0.15, -0.1) is 0 Å². The minimum absolute atomic E-state index is 0.0158. The van der Waals surface area contributed by atoms with E-state index in [2.05, 4.69) is 22.3 Å². The summed E-state index contributed by atoms with van der Waals surface area (Å²) in [7, 11) is 0. The van der Waals surface area contributed by atoms with Gasteiger partial charge in [-0.05, 0) is 5.56 Å². The molecule has 1 heterocycles. The lowest BCUT2D eigenvalue weighted by Crippen LogP contribution is -2.47. The van der Waals surface area contributed by atoms with Gasteiger partial charge in [-0.1, -0.05) is 30.3 Å². The van der Waals surface area contributed by atoms with E-state index in [0.29, 0.717) is 31.1 Å². The number of ether oxygens (including phenoxy) is 1. The third-order valence-electron chi connectivity index (χ3n) is 3.72. The molecule has 1 aromatic rings. The summed E-state index contributed by atoms with van der Waals surface area (Å²) in [5.41, 5.74) is 6.34. The molecular formula is C17H25N3O3S. The maximum absolute atomic E-state index is 11.8. The second kappa shape index (κ2) is 10.3. The van der Waals surface area contributed by atoms with Crippen LogP contribution in [0.4, 0.5) is 0 Å². The number of amides is 2. The smallest absolute Gasteiger partial charge is 0.230 e. The highest BCUT2D eigenvalue weighted by Crippen LogP contribution is 2.10. The Morgan fingerprint density at radius 3 is 2.88 bits per heavy atom. The summed E-state index contributed by atoms with van der Waals surface area (Å²) in [5.74, 6) is 0.548. The van der Waals surface area contributed by atoms with Crippen LogP contribution in [0.5, 0.6) is 0 Å². The van der Waals surface area contributed by atoms with Gasteiger partial charge in [0.15, 0.2) is 0 Å². The first-order chi connectivity index (χ1) is 11.6. The predicted molar refractivity (Wildman–Crippen MR) is 95.6 cm³/mol. The van der Waals surface area contributed by atoms with Gasteiger partial charge in [0.25, 0.3) is 0 Å². The SMILES string of the molecule is NC(=O)CCSCC(=O)NCC1CN(Cc2ccccc2)CCO1. The van der Waals surface area contributed by atoms with Crippen molar-refractivity contribution in [1.29, 1.82) is 0 Å². The normalized spacial score (nSPS) is 18.2. The first-order valence-corrected chi connectivity index (χ1v) is 9.29. The Bertz CT molecular complexity index is 527. The molecule has 6 nitrogen and oxygen atoms in total. The van der Waals surface area contributed by atoms with Crippen LogP contribution in [0, 0.1) is 0 Å². The quantitative estimate of drug-likeness (QED) is 0.637. The van der Waals surface area contributed by atoms with E-state index in [1.807, 2.05) is 18.2 Å². The van der Waals surface area contributed by atoms with Crippen molar-refractivity contribution >= 4 is 23.6 Å². The van der Waals surface area contributed by atoms with E-state index in [4.69, 9.17) is 10.5 Å². The summed E-state index contributed by atoms with van der Waals surface area (Å²) in [6.07, 6.45) is 0.319. The van der Waals surface area contributed by atoms with Crippen molar-refractivity contribution in [2.45, 2.75) is 19.1 Å². The zero-order valence-corrected chi connectivity index (χ0v) is 14.6. The summed E-state index contributed by atoms with van der Waals surface area (Å²) in [5, 5.41) is 2.90. The number of nitrogens with zero attached hydrogens (tertiary/aromatic N) is 1. The molecule has 1 aromatic carbocycles. The van der Waals surface area contributed by atoms with Crippen LogP contribution in [0.3, 0.4) is 0 Å². The van der Waals surface area contributed by atoms with Crippen LogP contribution in [-0.2, 0) is 20.9 Å². The van der Waals surface area contributed by atoms with Crippen molar-refractivity contribution in [3.05, 3.63) is 35.9 Å². The van der Waals surface area contributed by atoms with E-state index in [1.54, 1.807) is 0 Å². The van der Waals surface area contributed by atoms with Gasteiger partial charge in [-0.25, -0.2) is 0 Å². The molecular weight excluding hydrogens is 326 g/mol. The molecule has 0 bridgehead atoms. The fourth-order valence-corrected chi connectivity index (χ4v) is 3.28. The van der Waals surface area contributed by atoms with E-state index in [1.165, 1.54) is 17.3 Å². The number of rotatable bonds is 9. The molecule has 1 aliphatic rings. The van der Waals surface area contributed by atoms with Crippen LogP contribution in [0.2, 0.25) is 0 Å². The molecule has 24 heavy (non-hydrogen) atoms. The lowest BCUT2D eigenvalue weighted by molar-refractivity contribution is -0.120. The maximum atomic E-state index is 11.8. The summed E-state index contributed by atoms with van der Waals surface area (Å²) in [6, 6.07) is 10.3. The topological polar surface area (TPSA) is 84.7 Å². The molecule has 0 aromatic heterocycles. The van der Waals surface area contributed by atoms with Crippen LogP contribution in [0.1, 0.15) is 12.0 Å². The highest BCUT2D eigenvalue weighted by molar-refractivity contribution is 7.99. The standard InChI is InChI=1S/C17H25N3O3S/c18-16(21)6-9-24-13-17(22)19-10-15-12-20(7-8-23-15)11-14-4-2-1-3-5-14/h1-5,15H,6-13H2,(H2,18,21)(H,19,22). The van der Waals surface area contributed by atoms with Crippen LogP contribution in [0.25, 0.3) is 0 Å². The zero-order valence-electron chi connectivity index (χ0n) is 13.8. The molecule has 132 valence electrons. The number of morpholine rings is 1. The molecule has 1 saturated heterocycles. The molecule has 0 aliphatic carbocycles. The minimum atomic E-state index is -0.336. The van der Waals surface area contributed by atoms with Gasteiger partial charge in [0.2, 0.25) is 11.8 Å². The average molecular weight is 351 g/mol. The second-order valence-corrected chi connectivity index (χ2v) is 6.89. The molecule has 1 atom stereocenters. The lowest BCUT2D eigenvalue weighted by Gasteiger charge is -2.33. The summed E-state index contributed by atoms with van der Waals surface area (Å²) >= 11 is 1.41. The third kappa shape index (κ3) is 7.33. The van der Waals surface area contributed by atoms with Crippen molar-refractivity contribution in [3.8, 4) is 0 Å².